The van der Waals surface area contributed by atoms with Crippen molar-refractivity contribution < 1.29 is 27.9 Å². The Balaban J connectivity index is 0.000000550. The molecule has 0 aliphatic carbocycles. The van der Waals surface area contributed by atoms with Crippen molar-refractivity contribution in [3.63, 3.8) is 0 Å². The third kappa shape index (κ3) is 8.50. The molecule has 0 aromatic heterocycles. The Morgan fingerprint density at radius 2 is 1.72 bits per heavy atom. The topological polar surface area (TPSA) is 116 Å². The number of aryl methyl sites for hydroxylation is 1. The number of ether oxygens (including phenoxy) is 1. The summed E-state index contributed by atoms with van der Waals surface area (Å²) in [6, 6.07) is 12.5. The Kier molecular flexibility index (Phi) is 7.85. The molecule has 0 aliphatic rings. The first-order valence-corrected chi connectivity index (χ1v) is 9.27. The second-order valence-corrected chi connectivity index (χ2v) is 6.91. The predicted octanol–water partition coefficient (Wildman–Crippen LogP) is 2.25. The van der Waals surface area contributed by atoms with Gasteiger partial charge in [0.05, 0.1) is 12.4 Å². The first-order chi connectivity index (χ1) is 11.6. The summed E-state index contributed by atoms with van der Waals surface area (Å²) in [4.78, 5) is 0. The second kappa shape index (κ2) is 9.38. The van der Waals surface area contributed by atoms with Crippen LogP contribution in [-0.4, -0.2) is 43.0 Å². The molecule has 25 heavy (non-hydrogen) atoms. The average molecular weight is 369 g/mol. The van der Waals surface area contributed by atoms with Crippen LogP contribution in [0.5, 0.6) is 17.2 Å². The summed E-state index contributed by atoms with van der Waals surface area (Å²) in [5, 5.41) is 22.7. The maximum Gasteiger partial charge on any atom is 0.261 e. The van der Waals surface area contributed by atoms with Gasteiger partial charge in [-0.2, -0.15) is 8.42 Å². The van der Waals surface area contributed by atoms with E-state index in [2.05, 4.69) is 5.32 Å². The van der Waals surface area contributed by atoms with E-state index in [1.54, 1.807) is 19.2 Å². The standard InChI is InChI=1S/C16H19NO3.CH4O3S/c1-11-3-6-13(7-4-11)20-16-8-5-12(9-14(16)18)15(19)10-17-2;1-5(2,3)4/h3-9,15,17-19H,10H2,1-2H3;1H3,(H,2,3,4). The Hall–Kier alpha value is -2.13. The van der Waals surface area contributed by atoms with Crippen LogP contribution in [0.4, 0.5) is 0 Å². The number of phenolic OH excluding ortho intramolecular Hbond substituents is 1. The lowest BCUT2D eigenvalue weighted by Gasteiger charge is -2.13. The van der Waals surface area contributed by atoms with Crippen LogP contribution in [0, 0.1) is 6.92 Å². The van der Waals surface area contributed by atoms with Crippen molar-refractivity contribution in [2.24, 2.45) is 0 Å². The number of aliphatic hydroxyl groups is 1. The number of phenols is 1. The van der Waals surface area contributed by atoms with Crippen molar-refractivity contribution in [2.75, 3.05) is 19.8 Å². The highest BCUT2D eigenvalue weighted by Crippen LogP contribution is 2.32. The highest BCUT2D eigenvalue weighted by Gasteiger charge is 2.10. The van der Waals surface area contributed by atoms with Crippen LogP contribution in [0.1, 0.15) is 17.2 Å². The molecule has 1 unspecified atom stereocenters. The number of hydrogen-bond donors (Lipinski definition) is 4. The molecule has 7 nitrogen and oxygen atoms in total. The van der Waals surface area contributed by atoms with E-state index in [-0.39, 0.29) is 5.75 Å². The minimum Gasteiger partial charge on any atom is -0.504 e. The van der Waals surface area contributed by atoms with Crippen LogP contribution in [0.25, 0.3) is 0 Å². The summed E-state index contributed by atoms with van der Waals surface area (Å²) >= 11 is 0. The van der Waals surface area contributed by atoms with E-state index >= 15 is 0 Å². The molecule has 2 aromatic carbocycles. The van der Waals surface area contributed by atoms with Crippen LogP contribution < -0.4 is 10.1 Å². The van der Waals surface area contributed by atoms with Gasteiger partial charge in [-0.1, -0.05) is 23.8 Å². The largest absolute Gasteiger partial charge is 0.504 e. The van der Waals surface area contributed by atoms with Gasteiger partial charge in [0.1, 0.15) is 5.75 Å². The smallest absolute Gasteiger partial charge is 0.261 e. The summed E-state index contributed by atoms with van der Waals surface area (Å²) in [7, 11) is -1.90. The van der Waals surface area contributed by atoms with E-state index in [0.717, 1.165) is 5.56 Å². The van der Waals surface area contributed by atoms with Gasteiger partial charge in [0.2, 0.25) is 0 Å². The lowest BCUT2D eigenvalue weighted by atomic mass is 10.1. The zero-order chi connectivity index (χ0) is 19.0. The third-order valence-corrected chi connectivity index (χ3v) is 3.01. The Morgan fingerprint density at radius 1 is 1.16 bits per heavy atom. The molecule has 8 heteroatoms. The first-order valence-electron chi connectivity index (χ1n) is 7.42. The number of likely N-dealkylation sites (N-methyl/N-ethyl adjacent to an activating group) is 1. The molecule has 0 saturated heterocycles. The van der Waals surface area contributed by atoms with Crippen LogP contribution in [0.15, 0.2) is 42.5 Å². The molecule has 0 spiro atoms. The summed E-state index contributed by atoms with van der Waals surface area (Å²) in [6.07, 6.45) is 0.0619. The van der Waals surface area contributed by atoms with Gasteiger partial charge in [0, 0.05) is 6.54 Å². The van der Waals surface area contributed by atoms with E-state index < -0.39 is 16.2 Å². The number of hydrogen-bond acceptors (Lipinski definition) is 6. The average Bonchev–Trinajstić information content (AvgIpc) is 2.50. The third-order valence-electron chi connectivity index (χ3n) is 3.01. The summed E-state index contributed by atoms with van der Waals surface area (Å²) in [6.45, 7) is 2.43. The van der Waals surface area contributed by atoms with E-state index in [4.69, 9.17) is 9.29 Å². The Labute approximate surface area is 147 Å². The van der Waals surface area contributed by atoms with E-state index in [1.807, 2.05) is 31.2 Å². The number of benzene rings is 2. The van der Waals surface area contributed by atoms with Crippen molar-refractivity contribution >= 4 is 10.1 Å². The van der Waals surface area contributed by atoms with Crippen molar-refractivity contribution in [3.05, 3.63) is 53.6 Å². The van der Waals surface area contributed by atoms with E-state index in [9.17, 15) is 18.6 Å². The lowest BCUT2D eigenvalue weighted by Crippen LogP contribution is -2.16. The number of aliphatic hydroxyl groups excluding tert-OH is 1. The molecule has 2 aromatic rings. The number of aromatic hydroxyl groups is 1. The molecule has 0 amide bonds. The predicted molar refractivity (Wildman–Crippen MR) is 95.7 cm³/mol. The van der Waals surface area contributed by atoms with Gasteiger partial charge in [0.25, 0.3) is 10.1 Å². The molecule has 0 fully saturated rings. The lowest BCUT2D eigenvalue weighted by molar-refractivity contribution is 0.177. The molecule has 0 radical (unpaired) electrons. The van der Waals surface area contributed by atoms with E-state index in [1.165, 1.54) is 6.07 Å². The molecule has 0 heterocycles. The fourth-order valence-electron chi connectivity index (χ4n) is 1.87. The molecule has 2 rings (SSSR count). The van der Waals surface area contributed by atoms with Gasteiger partial charge in [-0.25, -0.2) is 0 Å². The first kappa shape index (κ1) is 20.9. The monoisotopic (exact) mass is 369 g/mol. The number of nitrogens with one attached hydrogen (secondary N) is 1. The van der Waals surface area contributed by atoms with Crippen LogP contribution >= 0.6 is 0 Å². The maximum absolute atomic E-state index is 9.97. The molecule has 138 valence electrons. The van der Waals surface area contributed by atoms with E-state index in [0.29, 0.717) is 29.9 Å². The highest BCUT2D eigenvalue weighted by molar-refractivity contribution is 7.85. The zero-order valence-electron chi connectivity index (χ0n) is 14.3. The van der Waals surface area contributed by atoms with Crippen molar-refractivity contribution in [2.45, 2.75) is 13.0 Å². The molecule has 0 aliphatic heterocycles. The normalized spacial score (nSPS) is 12.0. The fraction of sp³-hybridized carbons (Fsp3) is 0.294. The van der Waals surface area contributed by atoms with Gasteiger partial charge in [-0.05, 0) is 43.8 Å². The van der Waals surface area contributed by atoms with Crippen molar-refractivity contribution in [1.82, 2.24) is 5.32 Å². The molecule has 1 atom stereocenters. The van der Waals surface area contributed by atoms with Gasteiger partial charge in [-0.15, -0.1) is 0 Å². The van der Waals surface area contributed by atoms with Gasteiger partial charge in [0.15, 0.2) is 11.5 Å². The zero-order valence-corrected chi connectivity index (χ0v) is 15.1. The molecular weight excluding hydrogens is 346 g/mol. The summed E-state index contributed by atoms with van der Waals surface area (Å²) in [5.41, 5.74) is 1.79. The fourth-order valence-corrected chi connectivity index (χ4v) is 1.87. The van der Waals surface area contributed by atoms with Crippen LogP contribution in [-0.2, 0) is 10.1 Å². The second-order valence-electron chi connectivity index (χ2n) is 5.45. The Morgan fingerprint density at radius 3 is 2.20 bits per heavy atom. The number of rotatable bonds is 5. The molecule has 0 saturated carbocycles. The summed E-state index contributed by atoms with van der Waals surface area (Å²) in [5.74, 6) is 1.04. The highest BCUT2D eigenvalue weighted by atomic mass is 32.2. The van der Waals surface area contributed by atoms with Gasteiger partial charge >= 0.3 is 0 Å². The van der Waals surface area contributed by atoms with Gasteiger partial charge < -0.3 is 20.3 Å². The quantitative estimate of drug-likeness (QED) is 0.597. The van der Waals surface area contributed by atoms with Crippen molar-refractivity contribution in [1.29, 1.82) is 0 Å². The summed E-state index contributed by atoms with van der Waals surface area (Å²) < 4.78 is 31.5. The minimum absolute atomic E-state index is 0.0122. The van der Waals surface area contributed by atoms with Crippen LogP contribution in [0.3, 0.4) is 0 Å². The van der Waals surface area contributed by atoms with Crippen LogP contribution in [0.2, 0.25) is 0 Å². The molecular formula is C17H23NO6S. The maximum atomic E-state index is 9.97. The minimum atomic E-state index is -3.67. The van der Waals surface area contributed by atoms with Gasteiger partial charge in [-0.3, -0.25) is 4.55 Å². The molecule has 4 N–H and O–H groups in total. The molecule has 0 bridgehead atoms. The SMILES string of the molecule is CNCC(O)c1ccc(Oc2ccc(C)cc2)c(O)c1.CS(=O)(=O)O. The van der Waals surface area contributed by atoms with Crippen molar-refractivity contribution in [3.8, 4) is 17.2 Å². The Bertz CT molecular complexity index is 766.